The number of para-hydroxylation sites is 1. The molecular weight excluding hydrogens is 445 g/mol. The van der Waals surface area contributed by atoms with Crippen LogP contribution in [0, 0.1) is 0 Å². The Morgan fingerprint density at radius 2 is 1.37 bits per heavy atom. The Kier molecular flexibility index (Phi) is 3.17. The molecule has 0 spiro atoms. The third-order valence-corrected chi connectivity index (χ3v) is 6.36. The molecule has 0 saturated carbocycles. The topological polar surface area (TPSA) is 18.1 Å². The minimum Gasteiger partial charge on any atom is -0.456 e. The summed E-state index contributed by atoms with van der Waals surface area (Å²) in [6, 6.07) is 29.8. The molecule has 4 aromatic carbocycles. The summed E-state index contributed by atoms with van der Waals surface area (Å²) in [5, 5.41) is 4.90. The molecule has 2 aromatic heterocycles. The summed E-state index contributed by atoms with van der Waals surface area (Å²) < 4.78 is 8.37. The van der Waals surface area contributed by atoms with Gasteiger partial charge in [0.05, 0.1) is 33.9 Å². The second-order valence-electron chi connectivity index (χ2n) is 6.81. The van der Waals surface area contributed by atoms with Gasteiger partial charge in [-0.15, -0.1) is 0 Å². The summed E-state index contributed by atoms with van der Waals surface area (Å²) in [6.45, 7) is 0. The van der Waals surface area contributed by atoms with Gasteiger partial charge in [-0.3, -0.25) is 2.78 Å². The van der Waals surface area contributed by atoms with E-state index in [0.29, 0.717) is 0 Å². The zero-order chi connectivity index (χ0) is 18.0. The Morgan fingerprint density at radius 1 is 0.593 bits per heavy atom. The van der Waals surface area contributed by atoms with E-state index in [9.17, 15) is 0 Å². The van der Waals surface area contributed by atoms with Crippen molar-refractivity contribution in [2.24, 2.45) is 0 Å². The van der Waals surface area contributed by atoms with Gasteiger partial charge in [0.15, 0.2) is 0 Å². The Morgan fingerprint density at radius 3 is 2.26 bits per heavy atom. The molecule has 0 aliphatic carbocycles. The highest BCUT2D eigenvalue weighted by Crippen LogP contribution is 2.41. The van der Waals surface area contributed by atoms with Crippen molar-refractivity contribution in [3.05, 3.63) is 84.9 Å². The van der Waals surface area contributed by atoms with E-state index in [1.165, 1.54) is 43.7 Å². The number of halogens is 1. The van der Waals surface area contributed by atoms with Crippen LogP contribution in [0.1, 0.15) is 0 Å². The van der Waals surface area contributed by atoms with Gasteiger partial charge in [-0.2, -0.15) is 0 Å². The van der Waals surface area contributed by atoms with Crippen LogP contribution in [-0.2, 0) is 0 Å². The highest BCUT2D eigenvalue weighted by Gasteiger charge is 2.17. The largest absolute Gasteiger partial charge is 0.456 e. The molecular formula is C24H14INO. The molecule has 6 aromatic rings. The number of furan rings is 1. The highest BCUT2D eigenvalue weighted by molar-refractivity contribution is 14.1. The number of benzene rings is 4. The lowest BCUT2D eigenvalue weighted by atomic mass is 10.0. The quantitative estimate of drug-likeness (QED) is 0.232. The average Bonchev–Trinajstić information content (AvgIpc) is 3.24. The predicted octanol–water partition coefficient (Wildman–Crippen LogP) is 7.56. The van der Waals surface area contributed by atoms with Crippen molar-refractivity contribution in [1.29, 1.82) is 0 Å². The molecule has 0 radical (unpaired) electrons. The number of nitrogens with zero attached hydrogens (tertiary/aromatic N) is 1. The maximum Gasteiger partial charge on any atom is 0.136 e. The van der Waals surface area contributed by atoms with Gasteiger partial charge in [-0.05, 0) is 41.5 Å². The molecule has 0 atom stereocenters. The van der Waals surface area contributed by atoms with Crippen molar-refractivity contribution >= 4 is 66.6 Å². The van der Waals surface area contributed by atoms with E-state index in [2.05, 4.69) is 98.4 Å². The molecule has 128 valence electrons. The summed E-state index contributed by atoms with van der Waals surface area (Å²) in [4.78, 5) is 0. The van der Waals surface area contributed by atoms with Crippen LogP contribution in [0.3, 0.4) is 0 Å². The van der Waals surface area contributed by atoms with Crippen LogP contribution < -0.4 is 0 Å². The fraction of sp³-hybridized carbons (Fsp3) is 0. The Hall–Kier alpha value is -2.79. The summed E-state index contributed by atoms with van der Waals surface area (Å²) in [5.74, 6) is 0. The van der Waals surface area contributed by atoms with Crippen molar-refractivity contribution in [2.45, 2.75) is 0 Å². The number of rotatable bonds is 1. The van der Waals surface area contributed by atoms with Crippen LogP contribution >= 0.6 is 22.9 Å². The minimum atomic E-state index is 0.938. The first-order valence-corrected chi connectivity index (χ1v) is 9.88. The predicted molar refractivity (Wildman–Crippen MR) is 122 cm³/mol. The fourth-order valence-corrected chi connectivity index (χ4v) is 4.91. The van der Waals surface area contributed by atoms with Gasteiger partial charge in [0, 0.05) is 21.5 Å². The van der Waals surface area contributed by atoms with E-state index in [-0.39, 0.29) is 0 Å². The van der Waals surface area contributed by atoms with Crippen molar-refractivity contribution < 1.29 is 4.42 Å². The van der Waals surface area contributed by atoms with Crippen LogP contribution in [0.5, 0.6) is 0 Å². The van der Waals surface area contributed by atoms with Crippen molar-refractivity contribution in [3.8, 4) is 11.1 Å². The smallest absolute Gasteiger partial charge is 0.136 e. The van der Waals surface area contributed by atoms with Crippen molar-refractivity contribution in [1.82, 2.24) is 2.78 Å². The lowest BCUT2D eigenvalue weighted by Gasteiger charge is -2.02. The standard InChI is InChI=1S/C24H14INO/c25-26-19-11-10-16(15-6-2-1-3-7-15)14-18(19)23-20(26)12-13-22-24(23)17-8-4-5-9-21(17)27-22/h1-14H. The zero-order valence-electron chi connectivity index (χ0n) is 14.3. The first-order chi connectivity index (χ1) is 13.3. The van der Waals surface area contributed by atoms with Crippen LogP contribution in [-0.4, -0.2) is 2.78 Å². The Bertz CT molecular complexity index is 1470. The maximum atomic E-state index is 6.12. The SMILES string of the molecule is In1c2ccc(-c3ccccc3)cc2c2c3c(ccc21)oc1ccccc13. The van der Waals surface area contributed by atoms with Crippen LogP contribution in [0.4, 0.5) is 0 Å². The van der Waals surface area contributed by atoms with Gasteiger partial charge < -0.3 is 4.42 Å². The summed E-state index contributed by atoms with van der Waals surface area (Å²) in [6.07, 6.45) is 0. The number of hydrogen-bond acceptors (Lipinski definition) is 1. The molecule has 0 saturated heterocycles. The summed E-state index contributed by atoms with van der Waals surface area (Å²) in [7, 11) is 0. The zero-order valence-corrected chi connectivity index (χ0v) is 16.5. The molecule has 0 bridgehead atoms. The normalized spacial score (nSPS) is 11.9. The second-order valence-corrected chi connectivity index (χ2v) is 7.77. The average molecular weight is 459 g/mol. The molecule has 0 fully saturated rings. The van der Waals surface area contributed by atoms with E-state index in [4.69, 9.17) is 4.42 Å². The van der Waals surface area contributed by atoms with Crippen molar-refractivity contribution in [3.63, 3.8) is 0 Å². The molecule has 2 heterocycles. The van der Waals surface area contributed by atoms with Crippen LogP contribution in [0.25, 0.3) is 54.9 Å². The van der Waals surface area contributed by atoms with E-state index in [0.717, 1.165) is 11.2 Å². The van der Waals surface area contributed by atoms with Crippen LogP contribution in [0.2, 0.25) is 0 Å². The molecule has 2 nitrogen and oxygen atoms in total. The van der Waals surface area contributed by atoms with Gasteiger partial charge in [0.1, 0.15) is 11.2 Å². The molecule has 6 rings (SSSR count). The minimum absolute atomic E-state index is 0.938. The van der Waals surface area contributed by atoms with Crippen molar-refractivity contribution in [2.75, 3.05) is 0 Å². The first kappa shape index (κ1) is 15.3. The molecule has 27 heavy (non-hydrogen) atoms. The molecule has 0 aliphatic rings. The van der Waals surface area contributed by atoms with Gasteiger partial charge >= 0.3 is 0 Å². The van der Waals surface area contributed by atoms with E-state index < -0.39 is 0 Å². The number of fused-ring (bicyclic) bond motifs is 7. The fourth-order valence-electron chi connectivity index (χ4n) is 4.09. The molecule has 0 N–H and O–H groups in total. The Balaban J connectivity index is 1.82. The van der Waals surface area contributed by atoms with Gasteiger partial charge in [0.2, 0.25) is 0 Å². The maximum absolute atomic E-state index is 6.12. The molecule has 0 amide bonds. The summed E-state index contributed by atoms with van der Waals surface area (Å²) >= 11 is 2.40. The van der Waals surface area contributed by atoms with Gasteiger partial charge in [0.25, 0.3) is 0 Å². The monoisotopic (exact) mass is 459 g/mol. The lowest BCUT2D eigenvalue weighted by Crippen LogP contribution is -1.79. The molecule has 0 unspecified atom stereocenters. The second kappa shape index (κ2) is 5.60. The third-order valence-electron chi connectivity index (χ3n) is 5.32. The Labute approximate surface area is 169 Å². The van der Waals surface area contributed by atoms with Gasteiger partial charge in [-0.25, -0.2) is 0 Å². The first-order valence-electron chi connectivity index (χ1n) is 8.91. The van der Waals surface area contributed by atoms with Gasteiger partial charge in [-0.1, -0.05) is 54.6 Å². The van der Waals surface area contributed by atoms with E-state index in [1.54, 1.807) is 0 Å². The summed E-state index contributed by atoms with van der Waals surface area (Å²) in [5.41, 5.74) is 6.79. The third kappa shape index (κ3) is 2.12. The lowest BCUT2D eigenvalue weighted by molar-refractivity contribution is 0.669. The van der Waals surface area contributed by atoms with Crippen LogP contribution in [0.15, 0.2) is 89.3 Å². The van der Waals surface area contributed by atoms with E-state index in [1.807, 2.05) is 12.1 Å². The molecule has 3 heteroatoms. The molecule has 0 aliphatic heterocycles. The van der Waals surface area contributed by atoms with E-state index >= 15 is 0 Å². The number of aromatic nitrogens is 1. The highest BCUT2D eigenvalue weighted by atomic mass is 127. The number of hydrogen-bond donors (Lipinski definition) is 0.